The van der Waals surface area contributed by atoms with Gasteiger partial charge in [0, 0.05) is 0 Å². The third kappa shape index (κ3) is 2.89. The zero-order chi connectivity index (χ0) is 19.8. The predicted octanol–water partition coefficient (Wildman–Crippen LogP) is 2.80. The molecule has 142 valence electrons. The van der Waals surface area contributed by atoms with Crippen molar-refractivity contribution in [1.29, 1.82) is 0 Å². The summed E-state index contributed by atoms with van der Waals surface area (Å²) < 4.78 is 15.8. The van der Waals surface area contributed by atoms with Crippen LogP contribution in [0.4, 0.5) is 10.2 Å². The van der Waals surface area contributed by atoms with Gasteiger partial charge in [0.2, 0.25) is 0 Å². The van der Waals surface area contributed by atoms with Crippen LogP contribution in [0.3, 0.4) is 0 Å². The van der Waals surface area contributed by atoms with Crippen LogP contribution in [0, 0.1) is 5.82 Å². The van der Waals surface area contributed by atoms with Gasteiger partial charge in [0.05, 0.1) is 29.5 Å². The molecule has 0 fully saturated rings. The molecule has 2 N–H and O–H groups in total. The van der Waals surface area contributed by atoms with Gasteiger partial charge in [0.25, 0.3) is 5.56 Å². The number of halogens is 1. The number of nitrogens with one attached hydrogen (secondary N) is 2. The summed E-state index contributed by atoms with van der Waals surface area (Å²) in [7, 11) is 0. The molecule has 0 unspecified atom stereocenters. The monoisotopic (exact) mass is 387 g/mol. The van der Waals surface area contributed by atoms with E-state index in [4.69, 9.17) is 0 Å². The van der Waals surface area contributed by atoms with E-state index in [1.807, 2.05) is 0 Å². The first-order valence-electron chi connectivity index (χ1n) is 8.86. The van der Waals surface area contributed by atoms with E-state index < -0.39 is 5.82 Å². The molecular weight excluding hydrogens is 373 g/mol. The minimum Gasteiger partial charge on any atom is -0.361 e. The molecule has 9 heteroatoms. The fourth-order valence-corrected chi connectivity index (χ4v) is 3.24. The number of H-pyrrole nitrogens is 1. The van der Waals surface area contributed by atoms with Crippen LogP contribution in [0.5, 0.6) is 0 Å². The maximum atomic E-state index is 14.5. The van der Waals surface area contributed by atoms with Crippen LogP contribution in [0.25, 0.3) is 27.8 Å². The van der Waals surface area contributed by atoms with Crippen molar-refractivity contribution in [2.24, 2.45) is 0 Å². The Balaban J connectivity index is 1.66. The zero-order valence-electron chi connectivity index (χ0n) is 15.0. The second kappa shape index (κ2) is 6.79. The highest BCUT2D eigenvalue weighted by atomic mass is 19.1. The van der Waals surface area contributed by atoms with Crippen LogP contribution in [-0.2, 0) is 6.54 Å². The van der Waals surface area contributed by atoms with Gasteiger partial charge in [-0.05, 0) is 24.3 Å². The van der Waals surface area contributed by atoms with Gasteiger partial charge >= 0.3 is 0 Å². The minimum atomic E-state index is -0.508. The van der Waals surface area contributed by atoms with E-state index >= 15 is 0 Å². The van der Waals surface area contributed by atoms with Gasteiger partial charge in [-0.1, -0.05) is 24.3 Å². The lowest BCUT2D eigenvalue weighted by atomic mass is 10.2. The van der Waals surface area contributed by atoms with Crippen LogP contribution < -0.4 is 10.9 Å². The quantitative estimate of drug-likeness (QED) is 0.492. The molecule has 29 heavy (non-hydrogen) atoms. The molecule has 3 heterocycles. The zero-order valence-corrected chi connectivity index (χ0v) is 15.0. The van der Waals surface area contributed by atoms with Crippen molar-refractivity contribution in [3.05, 3.63) is 83.2 Å². The van der Waals surface area contributed by atoms with Crippen molar-refractivity contribution in [1.82, 2.24) is 29.5 Å². The molecule has 3 aromatic heterocycles. The van der Waals surface area contributed by atoms with E-state index in [-0.39, 0.29) is 17.8 Å². The summed E-state index contributed by atoms with van der Waals surface area (Å²) in [6, 6.07) is 13.1. The van der Waals surface area contributed by atoms with Crippen molar-refractivity contribution in [2.75, 3.05) is 5.32 Å². The third-order valence-corrected chi connectivity index (χ3v) is 4.58. The van der Waals surface area contributed by atoms with Crippen LogP contribution in [0.2, 0.25) is 0 Å². The van der Waals surface area contributed by atoms with Crippen molar-refractivity contribution >= 4 is 27.9 Å². The lowest BCUT2D eigenvalue weighted by molar-refractivity contribution is 0.612. The third-order valence-electron chi connectivity index (χ3n) is 4.58. The summed E-state index contributed by atoms with van der Waals surface area (Å²) in [6.45, 7) is 0.138. The number of rotatable bonds is 4. The van der Waals surface area contributed by atoms with Gasteiger partial charge in [-0.2, -0.15) is 0 Å². The maximum absolute atomic E-state index is 14.5. The normalized spacial score (nSPS) is 11.2. The summed E-state index contributed by atoms with van der Waals surface area (Å²) in [5.41, 5.74) is 1.48. The molecule has 0 saturated heterocycles. The fourth-order valence-electron chi connectivity index (χ4n) is 3.24. The largest absolute Gasteiger partial charge is 0.361 e. The summed E-state index contributed by atoms with van der Waals surface area (Å²) in [6.07, 6.45) is 2.91. The summed E-state index contributed by atoms with van der Waals surface area (Å²) in [5, 5.41) is 3.56. The molecule has 0 saturated carbocycles. The molecule has 5 aromatic rings. The maximum Gasteiger partial charge on any atom is 0.266 e. The Morgan fingerprint density at radius 1 is 1.03 bits per heavy atom. The van der Waals surface area contributed by atoms with Crippen LogP contribution in [0.1, 0.15) is 5.82 Å². The number of benzene rings is 2. The van der Waals surface area contributed by atoms with Crippen molar-refractivity contribution in [3.63, 3.8) is 0 Å². The van der Waals surface area contributed by atoms with Gasteiger partial charge in [-0.3, -0.25) is 9.36 Å². The number of fused-ring (bicyclic) bond motifs is 2. The Labute approximate surface area is 163 Å². The Morgan fingerprint density at radius 3 is 2.76 bits per heavy atom. The van der Waals surface area contributed by atoms with Gasteiger partial charge in [-0.25, -0.2) is 24.3 Å². The highest BCUT2D eigenvalue weighted by molar-refractivity contribution is 5.82. The van der Waals surface area contributed by atoms with Gasteiger partial charge in [-0.15, -0.1) is 0 Å². The number of anilines is 1. The second-order valence-electron chi connectivity index (χ2n) is 6.31. The molecule has 0 spiro atoms. The lowest BCUT2D eigenvalue weighted by Crippen LogP contribution is -2.26. The number of hydrogen-bond donors (Lipinski definition) is 2. The van der Waals surface area contributed by atoms with E-state index in [1.165, 1.54) is 23.3 Å². The minimum absolute atomic E-state index is 0.138. The van der Waals surface area contributed by atoms with Crippen LogP contribution in [-0.4, -0.2) is 29.5 Å². The smallest absolute Gasteiger partial charge is 0.266 e. The molecule has 2 aromatic carbocycles. The van der Waals surface area contributed by atoms with Gasteiger partial charge < -0.3 is 10.3 Å². The van der Waals surface area contributed by atoms with Crippen LogP contribution >= 0.6 is 0 Å². The highest BCUT2D eigenvalue weighted by Gasteiger charge is 2.16. The Bertz CT molecular complexity index is 1410. The molecule has 0 aliphatic carbocycles. The molecule has 0 aliphatic heterocycles. The Kier molecular flexibility index (Phi) is 3.98. The van der Waals surface area contributed by atoms with E-state index in [0.29, 0.717) is 33.7 Å². The molecule has 0 radical (unpaired) electrons. The summed E-state index contributed by atoms with van der Waals surface area (Å²) in [5.74, 6) is 0.353. The molecule has 0 aliphatic rings. The van der Waals surface area contributed by atoms with Crippen molar-refractivity contribution in [3.8, 4) is 5.69 Å². The average Bonchev–Trinajstić information content (AvgIpc) is 3.23. The first kappa shape index (κ1) is 17.0. The number of nitrogens with zero attached hydrogens (tertiary/aromatic N) is 5. The Morgan fingerprint density at radius 2 is 1.86 bits per heavy atom. The molecular formula is C20H14FN7O. The number of aromatic amines is 1. The molecule has 5 rings (SSSR count). The number of aromatic nitrogens is 6. The molecule has 0 atom stereocenters. The molecule has 0 amide bonds. The first-order chi connectivity index (χ1) is 14.2. The van der Waals surface area contributed by atoms with E-state index in [0.717, 1.165) is 0 Å². The fraction of sp³-hybridized carbons (Fsp3) is 0.0500. The van der Waals surface area contributed by atoms with Crippen molar-refractivity contribution < 1.29 is 4.39 Å². The molecule has 8 nitrogen and oxygen atoms in total. The van der Waals surface area contributed by atoms with E-state index in [2.05, 4.69) is 30.2 Å². The van der Waals surface area contributed by atoms with E-state index in [1.54, 1.807) is 42.5 Å². The summed E-state index contributed by atoms with van der Waals surface area (Å²) in [4.78, 5) is 33.1. The molecule has 0 bridgehead atoms. The highest BCUT2D eigenvalue weighted by Crippen LogP contribution is 2.18. The predicted molar refractivity (Wildman–Crippen MR) is 106 cm³/mol. The van der Waals surface area contributed by atoms with Crippen molar-refractivity contribution in [2.45, 2.75) is 6.54 Å². The van der Waals surface area contributed by atoms with Gasteiger partial charge in [0.15, 0.2) is 11.5 Å². The SMILES string of the molecule is O=c1c2ccccc2nc(CNc2ncnc3nc[nH]c23)n1-c1ccccc1F. The number of imidazole rings is 1. The topological polar surface area (TPSA) is 101 Å². The number of para-hydroxylation sites is 2. The average molecular weight is 387 g/mol. The van der Waals surface area contributed by atoms with Gasteiger partial charge in [0.1, 0.15) is 23.5 Å². The van der Waals surface area contributed by atoms with E-state index in [9.17, 15) is 9.18 Å². The summed E-state index contributed by atoms with van der Waals surface area (Å²) >= 11 is 0. The standard InChI is InChI=1S/C20H14FN7O/c21-13-6-2-4-8-15(13)28-16(27-14-7-3-1-5-12(14)20(28)29)9-22-18-17-19(24-10-23-17)26-11-25-18/h1-8,10-11H,9H2,(H2,22,23,24,25,26). The lowest BCUT2D eigenvalue weighted by Gasteiger charge is -2.15. The second-order valence-corrected chi connectivity index (χ2v) is 6.31. The Hall–Kier alpha value is -4.14. The van der Waals surface area contributed by atoms with Crippen LogP contribution in [0.15, 0.2) is 66.0 Å². The first-order valence-corrected chi connectivity index (χ1v) is 8.86. The number of hydrogen-bond acceptors (Lipinski definition) is 6.